The number of hydrogen-bond acceptors (Lipinski definition) is 1. The Labute approximate surface area is 69.7 Å². The van der Waals surface area contributed by atoms with Crippen molar-refractivity contribution in [3.63, 3.8) is 0 Å². The van der Waals surface area contributed by atoms with Gasteiger partial charge in [-0.3, -0.25) is 4.79 Å². The Morgan fingerprint density at radius 2 is 1.64 bits per heavy atom. The Hall–Kier alpha value is -0.420. The van der Waals surface area contributed by atoms with E-state index in [0.717, 1.165) is 0 Å². The smallest absolute Gasteiger partial charge is 0.365 e. The molecule has 11 heavy (non-hydrogen) atoms. The molecule has 0 fully saturated rings. The van der Waals surface area contributed by atoms with Crippen LogP contribution in [-0.2, 0) is 4.79 Å². The maximum Gasteiger partial charge on any atom is 0.428 e. The Bertz CT molecular complexity index is 210. The van der Waals surface area contributed by atoms with Gasteiger partial charge in [0.1, 0.15) is 10.1 Å². The quantitative estimate of drug-likeness (QED) is 0.655. The number of allylic oxidation sites excluding steroid dienone is 1. The summed E-state index contributed by atoms with van der Waals surface area (Å²) in [5.74, 6) is -1.41. The first-order chi connectivity index (χ1) is 4.76. The zero-order valence-corrected chi connectivity index (χ0v) is 6.39. The second-order valence-electron chi connectivity index (χ2n) is 1.49. The third-order valence-corrected chi connectivity index (χ3v) is 1.53. The monoisotopic (exact) mass is 207 g/mol. The van der Waals surface area contributed by atoms with Crippen molar-refractivity contribution in [1.29, 1.82) is 0 Å². The second-order valence-corrected chi connectivity index (χ2v) is 2.25. The summed E-state index contributed by atoms with van der Waals surface area (Å²) in [4.78, 5) is 10.0. The maximum absolute atomic E-state index is 11.6. The van der Waals surface area contributed by atoms with Crippen LogP contribution in [0.2, 0.25) is 0 Å². The van der Waals surface area contributed by atoms with Gasteiger partial charge in [-0.25, -0.2) is 0 Å². The van der Waals surface area contributed by atoms with Crippen LogP contribution in [0, 0.1) is 0 Å². The molecule has 0 spiro atoms. The van der Waals surface area contributed by atoms with E-state index in [9.17, 15) is 18.0 Å². The van der Waals surface area contributed by atoms with Crippen molar-refractivity contribution in [3.05, 3.63) is 10.1 Å². The van der Waals surface area contributed by atoms with E-state index in [0.29, 0.717) is 0 Å². The van der Waals surface area contributed by atoms with Gasteiger partial charge >= 0.3 is 6.18 Å². The second kappa shape index (κ2) is 3.32. The molecule has 1 amide bonds. The summed E-state index contributed by atoms with van der Waals surface area (Å²) >= 11 is 9.43. The molecule has 0 radical (unpaired) electrons. The van der Waals surface area contributed by atoms with E-state index in [1.807, 2.05) is 0 Å². The van der Waals surface area contributed by atoms with Crippen molar-refractivity contribution in [2.45, 2.75) is 6.18 Å². The van der Waals surface area contributed by atoms with Gasteiger partial charge in [0.15, 0.2) is 0 Å². The summed E-state index contributed by atoms with van der Waals surface area (Å²) in [5, 5.41) is -2.91. The molecule has 0 unspecified atom stereocenters. The zero-order valence-electron chi connectivity index (χ0n) is 4.88. The molecule has 0 heterocycles. The van der Waals surface area contributed by atoms with E-state index < -0.39 is 22.1 Å². The van der Waals surface area contributed by atoms with Gasteiger partial charge in [0, 0.05) is 0 Å². The molecule has 0 bridgehead atoms. The normalized spacial score (nSPS) is 14.3. The lowest BCUT2D eigenvalue weighted by Crippen LogP contribution is -2.17. The minimum Gasteiger partial charge on any atom is -0.365 e. The average molecular weight is 208 g/mol. The number of amides is 1. The minimum absolute atomic E-state index is 1.21. The summed E-state index contributed by atoms with van der Waals surface area (Å²) < 4.78 is 34.7. The average Bonchev–Trinajstić information content (AvgIpc) is 1.82. The highest BCUT2D eigenvalue weighted by Crippen LogP contribution is 2.32. The van der Waals surface area contributed by atoms with Gasteiger partial charge in [0.25, 0.3) is 5.91 Å². The van der Waals surface area contributed by atoms with Gasteiger partial charge in [-0.1, -0.05) is 23.2 Å². The van der Waals surface area contributed by atoms with Gasteiger partial charge in [-0.2, -0.15) is 13.2 Å². The van der Waals surface area contributed by atoms with E-state index in [2.05, 4.69) is 17.3 Å². The first kappa shape index (κ1) is 10.6. The molecule has 0 aliphatic rings. The molecule has 0 aliphatic heterocycles. The fourth-order valence-corrected chi connectivity index (χ4v) is 0.433. The molecule has 0 aliphatic carbocycles. The Morgan fingerprint density at radius 3 is 1.73 bits per heavy atom. The number of rotatable bonds is 1. The molecule has 0 saturated carbocycles. The van der Waals surface area contributed by atoms with E-state index in [1.165, 1.54) is 0 Å². The molecule has 0 aromatic heterocycles. The van der Waals surface area contributed by atoms with E-state index in [4.69, 9.17) is 11.6 Å². The maximum atomic E-state index is 11.6. The number of alkyl halides is 3. The molecule has 0 aromatic rings. The van der Waals surface area contributed by atoms with Crippen molar-refractivity contribution in [2.24, 2.45) is 5.73 Å². The van der Waals surface area contributed by atoms with Crippen LogP contribution in [0.25, 0.3) is 0 Å². The molecular weight excluding hydrogens is 206 g/mol. The number of carbonyl (C=O) groups is 1. The van der Waals surface area contributed by atoms with E-state index in [1.54, 1.807) is 0 Å². The molecule has 64 valence electrons. The topological polar surface area (TPSA) is 43.1 Å². The van der Waals surface area contributed by atoms with Crippen LogP contribution < -0.4 is 5.73 Å². The number of carbonyl (C=O) groups excluding carboxylic acids is 1. The van der Waals surface area contributed by atoms with Crippen LogP contribution in [-0.4, -0.2) is 12.1 Å². The van der Waals surface area contributed by atoms with Crippen LogP contribution >= 0.6 is 23.2 Å². The zero-order chi connectivity index (χ0) is 9.23. The highest BCUT2D eigenvalue weighted by atomic mass is 35.5. The molecule has 7 heteroatoms. The number of nitrogens with two attached hydrogens (primary N) is 1. The first-order valence-electron chi connectivity index (χ1n) is 2.19. The van der Waals surface area contributed by atoms with Gasteiger partial charge < -0.3 is 5.73 Å². The van der Waals surface area contributed by atoms with Gasteiger partial charge in [0.05, 0.1) is 0 Å². The summed E-state index contributed by atoms with van der Waals surface area (Å²) in [5.41, 5.74) is 4.42. The molecule has 2 nitrogen and oxygen atoms in total. The van der Waals surface area contributed by atoms with Crippen molar-refractivity contribution >= 4 is 29.1 Å². The predicted molar refractivity (Wildman–Crippen MR) is 34.0 cm³/mol. The van der Waals surface area contributed by atoms with Gasteiger partial charge in [0.2, 0.25) is 0 Å². The summed E-state index contributed by atoms with van der Waals surface area (Å²) in [6, 6.07) is 0. The van der Waals surface area contributed by atoms with Gasteiger partial charge in [-0.15, -0.1) is 0 Å². The van der Waals surface area contributed by atoms with E-state index >= 15 is 0 Å². The SMILES string of the molecule is NC(=O)/C(Cl)=C(\Cl)C(F)(F)F. The summed E-state index contributed by atoms with van der Waals surface area (Å²) in [6.45, 7) is 0. The standard InChI is InChI=1S/C4H2Cl2F3NO/c5-1(3(10)11)2(6)4(7,8)9/h(H2,10,11)/b2-1+. The molecule has 2 N–H and O–H groups in total. The lowest BCUT2D eigenvalue weighted by molar-refractivity contribution is -0.115. The summed E-state index contributed by atoms with van der Waals surface area (Å²) in [6.07, 6.45) is -4.83. The largest absolute Gasteiger partial charge is 0.428 e. The molecule has 0 atom stereocenters. The lowest BCUT2D eigenvalue weighted by atomic mass is 10.4. The summed E-state index contributed by atoms with van der Waals surface area (Å²) in [7, 11) is 0. The fourth-order valence-electron chi connectivity index (χ4n) is 0.233. The van der Waals surface area contributed by atoms with E-state index in [-0.39, 0.29) is 0 Å². The first-order valence-corrected chi connectivity index (χ1v) is 2.94. The number of primary amides is 1. The van der Waals surface area contributed by atoms with Crippen molar-refractivity contribution in [2.75, 3.05) is 0 Å². The van der Waals surface area contributed by atoms with Crippen LogP contribution in [0.5, 0.6) is 0 Å². The Morgan fingerprint density at radius 1 is 1.27 bits per heavy atom. The fraction of sp³-hybridized carbons (Fsp3) is 0.250. The Balaban J connectivity index is 4.82. The van der Waals surface area contributed by atoms with Crippen LogP contribution in [0.1, 0.15) is 0 Å². The van der Waals surface area contributed by atoms with Crippen LogP contribution in [0.4, 0.5) is 13.2 Å². The third-order valence-electron chi connectivity index (χ3n) is 0.658. The van der Waals surface area contributed by atoms with Crippen LogP contribution in [0.15, 0.2) is 10.1 Å². The lowest BCUT2D eigenvalue weighted by Gasteiger charge is -2.04. The highest BCUT2D eigenvalue weighted by Gasteiger charge is 2.36. The number of hydrogen-bond donors (Lipinski definition) is 1. The van der Waals surface area contributed by atoms with Crippen molar-refractivity contribution in [3.8, 4) is 0 Å². The van der Waals surface area contributed by atoms with Gasteiger partial charge in [-0.05, 0) is 0 Å². The van der Waals surface area contributed by atoms with Crippen molar-refractivity contribution in [1.82, 2.24) is 0 Å². The highest BCUT2D eigenvalue weighted by molar-refractivity contribution is 6.48. The minimum atomic E-state index is -4.83. The molecular formula is C4H2Cl2F3NO. The molecule has 0 rings (SSSR count). The molecule has 0 aromatic carbocycles. The molecule has 0 saturated heterocycles. The third kappa shape index (κ3) is 2.98. The number of halogens is 5. The Kier molecular flexibility index (Phi) is 3.19. The van der Waals surface area contributed by atoms with Crippen LogP contribution in [0.3, 0.4) is 0 Å². The predicted octanol–water partition coefficient (Wildman–Crippen LogP) is 1.72. The van der Waals surface area contributed by atoms with Crippen molar-refractivity contribution < 1.29 is 18.0 Å².